The van der Waals surface area contributed by atoms with E-state index in [1.54, 1.807) is 24.3 Å². The molecular weight excluding hydrogens is 226 g/mol. The molecule has 0 aromatic heterocycles. The molecule has 4 nitrogen and oxygen atoms in total. The maximum atomic E-state index is 11.9. The molecule has 18 heavy (non-hydrogen) atoms. The lowest BCUT2D eigenvalue weighted by molar-refractivity contribution is -0.117. The van der Waals surface area contributed by atoms with Gasteiger partial charge in [-0.25, -0.2) is 0 Å². The zero-order chi connectivity index (χ0) is 13.7. The number of amides is 1. The summed E-state index contributed by atoms with van der Waals surface area (Å²) in [5.74, 6) is 0.522. The average Bonchev–Trinajstić information content (AvgIpc) is 2.30. The number of hydrogen-bond donors (Lipinski definition) is 2. The van der Waals surface area contributed by atoms with Gasteiger partial charge in [0.05, 0.1) is 6.54 Å². The molecule has 1 atom stereocenters. The molecule has 100 valence electrons. The number of carbonyl (C=O) groups is 1. The van der Waals surface area contributed by atoms with Gasteiger partial charge in [-0.3, -0.25) is 9.69 Å². The van der Waals surface area contributed by atoms with Crippen LogP contribution in [-0.2, 0) is 4.79 Å². The molecule has 0 fully saturated rings. The molecule has 0 spiro atoms. The van der Waals surface area contributed by atoms with Crippen molar-refractivity contribution in [2.45, 2.75) is 26.8 Å². The van der Waals surface area contributed by atoms with Crippen molar-refractivity contribution < 1.29 is 4.79 Å². The van der Waals surface area contributed by atoms with Gasteiger partial charge in [0.15, 0.2) is 0 Å². The topological polar surface area (TPSA) is 58.4 Å². The van der Waals surface area contributed by atoms with Gasteiger partial charge in [-0.15, -0.1) is 0 Å². The third kappa shape index (κ3) is 4.37. The van der Waals surface area contributed by atoms with Gasteiger partial charge >= 0.3 is 0 Å². The van der Waals surface area contributed by atoms with Crippen LogP contribution in [0, 0.1) is 5.92 Å². The molecule has 1 aromatic rings. The van der Waals surface area contributed by atoms with E-state index in [4.69, 9.17) is 5.73 Å². The summed E-state index contributed by atoms with van der Waals surface area (Å²) >= 11 is 0. The molecule has 0 radical (unpaired) electrons. The van der Waals surface area contributed by atoms with Crippen molar-refractivity contribution in [1.29, 1.82) is 0 Å². The Morgan fingerprint density at radius 2 is 1.83 bits per heavy atom. The quantitative estimate of drug-likeness (QED) is 0.786. The third-order valence-corrected chi connectivity index (χ3v) is 3.25. The smallest absolute Gasteiger partial charge is 0.238 e. The summed E-state index contributed by atoms with van der Waals surface area (Å²) in [6, 6.07) is 7.53. The summed E-state index contributed by atoms with van der Waals surface area (Å²) in [5, 5.41) is 2.86. The molecule has 0 saturated carbocycles. The van der Waals surface area contributed by atoms with Crippen LogP contribution in [-0.4, -0.2) is 30.4 Å². The van der Waals surface area contributed by atoms with Crippen LogP contribution in [0.25, 0.3) is 0 Å². The molecule has 3 N–H and O–H groups in total. The Morgan fingerprint density at radius 3 is 2.33 bits per heavy atom. The van der Waals surface area contributed by atoms with Gasteiger partial charge in [-0.05, 0) is 44.2 Å². The Morgan fingerprint density at radius 1 is 1.28 bits per heavy atom. The minimum Gasteiger partial charge on any atom is -0.399 e. The number of nitrogens with one attached hydrogen (secondary N) is 1. The number of likely N-dealkylation sites (N-methyl/N-ethyl adjacent to an activating group) is 1. The molecular formula is C14H23N3O. The largest absolute Gasteiger partial charge is 0.399 e. The van der Waals surface area contributed by atoms with Crippen molar-refractivity contribution >= 4 is 17.3 Å². The standard InChI is InChI=1S/C14H23N3O/c1-10(2)11(3)17(4)9-14(18)16-13-7-5-12(15)6-8-13/h5-8,10-11H,9,15H2,1-4H3,(H,16,18). The van der Waals surface area contributed by atoms with Crippen LogP contribution in [0.1, 0.15) is 20.8 Å². The summed E-state index contributed by atoms with van der Waals surface area (Å²) in [4.78, 5) is 13.9. The minimum absolute atomic E-state index is 0.00484. The molecule has 0 aliphatic carbocycles. The lowest BCUT2D eigenvalue weighted by Gasteiger charge is -2.27. The summed E-state index contributed by atoms with van der Waals surface area (Å²) in [7, 11) is 1.97. The van der Waals surface area contributed by atoms with Gasteiger partial charge in [0.2, 0.25) is 5.91 Å². The van der Waals surface area contributed by atoms with Gasteiger partial charge in [0.1, 0.15) is 0 Å². The number of carbonyl (C=O) groups excluding carboxylic acids is 1. The predicted molar refractivity (Wildman–Crippen MR) is 76.4 cm³/mol. The number of anilines is 2. The Balaban J connectivity index is 2.49. The van der Waals surface area contributed by atoms with Crippen molar-refractivity contribution in [2.75, 3.05) is 24.6 Å². The summed E-state index contributed by atoms with van der Waals surface area (Å²) < 4.78 is 0. The second kappa shape index (κ2) is 6.40. The van der Waals surface area contributed by atoms with Crippen LogP contribution in [0.15, 0.2) is 24.3 Å². The molecule has 1 aromatic carbocycles. The maximum Gasteiger partial charge on any atom is 0.238 e. The fourth-order valence-corrected chi connectivity index (χ4v) is 1.65. The van der Waals surface area contributed by atoms with Crippen LogP contribution in [0.2, 0.25) is 0 Å². The minimum atomic E-state index is -0.00484. The Bertz CT molecular complexity index is 387. The number of hydrogen-bond acceptors (Lipinski definition) is 3. The van der Waals surface area contributed by atoms with Crippen LogP contribution in [0.4, 0.5) is 11.4 Å². The van der Waals surface area contributed by atoms with E-state index in [0.29, 0.717) is 24.2 Å². The second-order valence-electron chi connectivity index (χ2n) is 5.07. The van der Waals surface area contributed by atoms with Crippen LogP contribution >= 0.6 is 0 Å². The number of benzene rings is 1. The molecule has 1 rings (SSSR count). The summed E-state index contributed by atoms with van der Waals surface area (Å²) in [5.41, 5.74) is 7.06. The van der Waals surface area contributed by atoms with Gasteiger partial charge in [-0.1, -0.05) is 13.8 Å². The second-order valence-corrected chi connectivity index (χ2v) is 5.07. The average molecular weight is 249 g/mol. The number of nitrogens with zero attached hydrogens (tertiary/aromatic N) is 1. The van der Waals surface area contributed by atoms with Gasteiger partial charge in [-0.2, -0.15) is 0 Å². The van der Waals surface area contributed by atoms with Gasteiger partial charge in [0.25, 0.3) is 0 Å². The van der Waals surface area contributed by atoms with Crippen molar-refractivity contribution in [2.24, 2.45) is 5.92 Å². The molecule has 0 aliphatic heterocycles. The molecule has 4 heteroatoms. The van der Waals surface area contributed by atoms with Crippen molar-refractivity contribution in [3.05, 3.63) is 24.3 Å². The van der Waals surface area contributed by atoms with Gasteiger partial charge < -0.3 is 11.1 Å². The SMILES string of the molecule is CC(C)C(C)N(C)CC(=O)Nc1ccc(N)cc1. The molecule has 0 heterocycles. The summed E-state index contributed by atoms with van der Waals surface area (Å²) in [6.07, 6.45) is 0. The zero-order valence-corrected chi connectivity index (χ0v) is 11.6. The van der Waals surface area contributed by atoms with Crippen molar-refractivity contribution in [1.82, 2.24) is 4.90 Å². The Labute approximate surface area is 109 Å². The normalized spacial score (nSPS) is 12.8. The van der Waals surface area contributed by atoms with E-state index in [1.807, 2.05) is 7.05 Å². The highest BCUT2D eigenvalue weighted by Gasteiger charge is 2.15. The van der Waals surface area contributed by atoms with Crippen LogP contribution in [0.3, 0.4) is 0 Å². The Kier molecular flexibility index (Phi) is 5.16. The number of nitrogen functional groups attached to an aromatic ring is 1. The van der Waals surface area contributed by atoms with E-state index in [1.165, 1.54) is 0 Å². The third-order valence-electron chi connectivity index (χ3n) is 3.25. The van der Waals surface area contributed by atoms with Gasteiger partial charge in [0, 0.05) is 17.4 Å². The first-order chi connectivity index (χ1) is 8.40. The van der Waals surface area contributed by atoms with Crippen molar-refractivity contribution in [3.63, 3.8) is 0 Å². The molecule has 0 bridgehead atoms. The summed E-state index contributed by atoms with van der Waals surface area (Å²) in [6.45, 7) is 6.82. The fraction of sp³-hybridized carbons (Fsp3) is 0.500. The first kappa shape index (κ1) is 14.5. The lowest BCUT2D eigenvalue weighted by atomic mass is 10.1. The van der Waals surface area contributed by atoms with E-state index in [9.17, 15) is 4.79 Å². The van der Waals surface area contributed by atoms with E-state index in [0.717, 1.165) is 5.69 Å². The first-order valence-electron chi connectivity index (χ1n) is 6.25. The van der Waals surface area contributed by atoms with E-state index >= 15 is 0 Å². The predicted octanol–water partition coefficient (Wildman–Crippen LogP) is 2.18. The van der Waals surface area contributed by atoms with Crippen molar-refractivity contribution in [3.8, 4) is 0 Å². The fourth-order valence-electron chi connectivity index (χ4n) is 1.65. The number of nitrogens with two attached hydrogens (primary N) is 1. The lowest BCUT2D eigenvalue weighted by Crippen LogP contribution is -2.39. The monoisotopic (exact) mass is 249 g/mol. The Hall–Kier alpha value is -1.55. The zero-order valence-electron chi connectivity index (χ0n) is 11.6. The maximum absolute atomic E-state index is 11.9. The highest BCUT2D eigenvalue weighted by atomic mass is 16.2. The molecule has 0 aliphatic rings. The first-order valence-corrected chi connectivity index (χ1v) is 6.25. The highest BCUT2D eigenvalue weighted by molar-refractivity contribution is 5.92. The van der Waals surface area contributed by atoms with E-state index in [2.05, 4.69) is 31.0 Å². The molecule has 0 saturated heterocycles. The highest BCUT2D eigenvalue weighted by Crippen LogP contribution is 2.11. The van der Waals surface area contributed by atoms with Crippen LogP contribution < -0.4 is 11.1 Å². The molecule has 1 amide bonds. The van der Waals surface area contributed by atoms with E-state index < -0.39 is 0 Å². The van der Waals surface area contributed by atoms with E-state index in [-0.39, 0.29) is 5.91 Å². The van der Waals surface area contributed by atoms with Crippen LogP contribution in [0.5, 0.6) is 0 Å². The number of rotatable bonds is 5. The molecule has 1 unspecified atom stereocenters.